The molecule has 0 aromatic heterocycles. The van der Waals surface area contributed by atoms with Gasteiger partial charge in [-0.15, -0.1) is 0 Å². The molecule has 1 N–H and O–H groups in total. The van der Waals surface area contributed by atoms with E-state index < -0.39 is 0 Å². The number of halogens is 1. The van der Waals surface area contributed by atoms with Gasteiger partial charge in [0.2, 0.25) is 0 Å². The maximum atomic E-state index is 6.16. The molecule has 1 saturated heterocycles. The van der Waals surface area contributed by atoms with Crippen LogP contribution < -0.4 is 5.32 Å². The number of hydrogen-bond acceptors (Lipinski definition) is 2. The van der Waals surface area contributed by atoms with E-state index in [9.17, 15) is 0 Å². The van der Waals surface area contributed by atoms with Gasteiger partial charge in [-0.25, -0.2) is 0 Å². The average Bonchev–Trinajstić information content (AvgIpc) is 2.71. The monoisotopic (exact) mass is 241 g/mol. The molecular weight excluding hydrogens is 226 g/mol. The van der Waals surface area contributed by atoms with Crippen molar-refractivity contribution >= 4 is 23.4 Å². The van der Waals surface area contributed by atoms with Crippen LogP contribution >= 0.6 is 23.4 Å². The molecule has 0 bridgehead atoms. The van der Waals surface area contributed by atoms with Gasteiger partial charge in [0.1, 0.15) is 0 Å². The molecule has 0 saturated carbocycles. The van der Waals surface area contributed by atoms with E-state index in [1.807, 2.05) is 30.0 Å². The van der Waals surface area contributed by atoms with Crippen LogP contribution in [0.15, 0.2) is 24.3 Å². The highest BCUT2D eigenvalue weighted by Gasteiger charge is 2.18. The van der Waals surface area contributed by atoms with Gasteiger partial charge in [0.25, 0.3) is 0 Å². The summed E-state index contributed by atoms with van der Waals surface area (Å²) in [5.41, 5.74) is 1.20. The van der Waals surface area contributed by atoms with Crippen molar-refractivity contribution in [3.05, 3.63) is 34.9 Å². The predicted molar refractivity (Wildman–Crippen MR) is 68.7 cm³/mol. The lowest BCUT2D eigenvalue weighted by molar-refractivity contribution is 0.486. The molecule has 15 heavy (non-hydrogen) atoms. The second kappa shape index (κ2) is 5.24. The summed E-state index contributed by atoms with van der Waals surface area (Å²) in [6.45, 7) is 2.18. The standard InChI is InChI=1S/C12H16ClNS/c1-9(14-10-6-7-15-8-10)11-4-2-3-5-12(11)13/h2-5,9-10,14H,6-8H2,1H3/t9-,10?/m0/s1. The number of nitrogens with one attached hydrogen (secondary N) is 1. The van der Waals surface area contributed by atoms with Gasteiger partial charge in [0.15, 0.2) is 0 Å². The molecule has 0 radical (unpaired) electrons. The molecule has 1 aliphatic heterocycles. The smallest absolute Gasteiger partial charge is 0.0453 e. The number of benzene rings is 1. The Bertz CT molecular complexity index is 323. The van der Waals surface area contributed by atoms with E-state index >= 15 is 0 Å². The topological polar surface area (TPSA) is 12.0 Å². The molecular formula is C12H16ClNS. The van der Waals surface area contributed by atoms with Crippen LogP contribution in [0.2, 0.25) is 5.02 Å². The SMILES string of the molecule is C[C@H](NC1CCSC1)c1ccccc1Cl. The minimum Gasteiger partial charge on any atom is -0.307 e. The first-order valence-corrected chi connectivity index (χ1v) is 6.89. The second-order valence-electron chi connectivity index (χ2n) is 3.97. The van der Waals surface area contributed by atoms with E-state index in [1.54, 1.807) is 0 Å². The summed E-state index contributed by atoms with van der Waals surface area (Å²) in [5, 5.41) is 4.49. The predicted octanol–water partition coefficient (Wildman–Crippen LogP) is 3.50. The maximum Gasteiger partial charge on any atom is 0.0453 e. The van der Waals surface area contributed by atoms with Crippen LogP contribution in [0.5, 0.6) is 0 Å². The summed E-state index contributed by atoms with van der Waals surface area (Å²) >= 11 is 8.19. The lowest BCUT2D eigenvalue weighted by Crippen LogP contribution is -2.31. The quantitative estimate of drug-likeness (QED) is 0.870. The molecule has 82 valence electrons. The molecule has 2 rings (SSSR count). The van der Waals surface area contributed by atoms with Crippen molar-refractivity contribution in [3.8, 4) is 0 Å². The van der Waals surface area contributed by atoms with Gasteiger partial charge in [-0.1, -0.05) is 29.8 Å². The molecule has 0 amide bonds. The summed E-state index contributed by atoms with van der Waals surface area (Å²) < 4.78 is 0. The summed E-state index contributed by atoms with van der Waals surface area (Å²) in [6, 6.07) is 9.08. The Morgan fingerprint density at radius 3 is 2.93 bits per heavy atom. The largest absolute Gasteiger partial charge is 0.307 e. The Hall–Kier alpha value is -0.180. The van der Waals surface area contributed by atoms with Gasteiger partial charge in [0.05, 0.1) is 0 Å². The van der Waals surface area contributed by atoms with Crippen LogP contribution in [0.1, 0.15) is 24.9 Å². The molecule has 1 unspecified atom stereocenters. The van der Waals surface area contributed by atoms with E-state index in [0.717, 1.165) is 5.02 Å². The Balaban J connectivity index is 2.00. The zero-order valence-electron chi connectivity index (χ0n) is 8.87. The highest BCUT2D eigenvalue weighted by Crippen LogP contribution is 2.25. The minimum atomic E-state index is 0.349. The molecule has 0 aliphatic carbocycles. The summed E-state index contributed by atoms with van der Waals surface area (Å²) in [6.07, 6.45) is 1.28. The van der Waals surface area contributed by atoms with Crippen LogP contribution in [-0.4, -0.2) is 17.5 Å². The summed E-state index contributed by atoms with van der Waals surface area (Å²) in [4.78, 5) is 0. The van der Waals surface area contributed by atoms with Crippen molar-refractivity contribution in [1.29, 1.82) is 0 Å². The Morgan fingerprint density at radius 2 is 2.27 bits per heavy atom. The zero-order valence-corrected chi connectivity index (χ0v) is 10.4. The van der Waals surface area contributed by atoms with Crippen LogP contribution in [0.3, 0.4) is 0 Å². The Morgan fingerprint density at radius 1 is 1.47 bits per heavy atom. The number of hydrogen-bond donors (Lipinski definition) is 1. The van der Waals surface area contributed by atoms with Gasteiger partial charge < -0.3 is 5.32 Å². The number of thioether (sulfide) groups is 1. The fourth-order valence-corrected chi connectivity index (χ4v) is 3.40. The third-order valence-corrected chi connectivity index (χ3v) is 4.29. The van der Waals surface area contributed by atoms with Crippen molar-refractivity contribution < 1.29 is 0 Å². The second-order valence-corrected chi connectivity index (χ2v) is 5.53. The normalized spacial score (nSPS) is 22.9. The summed E-state index contributed by atoms with van der Waals surface area (Å²) in [7, 11) is 0. The van der Waals surface area contributed by atoms with Crippen molar-refractivity contribution in [2.24, 2.45) is 0 Å². The Kier molecular flexibility index (Phi) is 3.95. The van der Waals surface area contributed by atoms with Gasteiger partial charge in [-0.3, -0.25) is 0 Å². The fourth-order valence-electron chi connectivity index (χ4n) is 1.94. The van der Waals surface area contributed by atoms with E-state index in [2.05, 4.69) is 18.3 Å². The van der Waals surface area contributed by atoms with Crippen LogP contribution in [0, 0.1) is 0 Å². The van der Waals surface area contributed by atoms with Crippen LogP contribution in [0.4, 0.5) is 0 Å². The first kappa shape index (κ1) is 11.3. The molecule has 1 aromatic carbocycles. The van der Waals surface area contributed by atoms with Gasteiger partial charge >= 0.3 is 0 Å². The molecule has 1 nitrogen and oxygen atoms in total. The highest BCUT2D eigenvalue weighted by atomic mass is 35.5. The fraction of sp³-hybridized carbons (Fsp3) is 0.500. The van der Waals surface area contributed by atoms with Crippen LogP contribution in [0.25, 0.3) is 0 Å². The molecule has 0 spiro atoms. The molecule has 3 heteroatoms. The molecule has 2 atom stereocenters. The van der Waals surface area contributed by atoms with Crippen molar-refractivity contribution in [1.82, 2.24) is 5.32 Å². The van der Waals surface area contributed by atoms with E-state index in [1.165, 1.54) is 23.5 Å². The van der Waals surface area contributed by atoms with Gasteiger partial charge in [-0.05, 0) is 30.7 Å². The first-order valence-electron chi connectivity index (χ1n) is 5.35. The number of rotatable bonds is 3. The highest BCUT2D eigenvalue weighted by molar-refractivity contribution is 7.99. The molecule has 1 fully saturated rings. The lowest BCUT2D eigenvalue weighted by Gasteiger charge is -2.19. The van der Waals surface area contributed by atoms with Crippen molar-refractivity contribution in [2.45, 2.75) is 25.4 Å². The van der Waals surface area contributed by atoms with Crippen molar-refractivity contribution in [3.63, 3.8) is 0 Å². The third-order valence-electron chi connectivity index (χ3n) is 2.79. The zero-order chi connectivity index (χ0) is 10.7. The average molecular weight is 242 g/mol. The third kappa shape index (κ3) is 2.90. The van der Waals surface area contributed by atoms with Gasteiger partial charge in [-0.2, -0.15) is 11.8 Å². The van der Waals surface area contributed by atoms with E-state index in [4.69, 9.17) is 11.6 Å². The van der Waals surface area contributed by atoms with E-state index in [0.29, 0.717) is 12.1 Å². The van der Waals surface area contributed by atoms with Crippen LogP contribution in [-0.2, 0) is 0 Å². The Labute approximate surface area is 101 Å². The first-order chi connectivity index (χ1) is 7.27. The lowest BCUT2D eigenvalue weighted by atomic mass is 10.1. The minimum absolute atomic E-state index is 0.349. The molecule has 1 heterocycles. The van der Waals surface area contributed by atoms with Crippen molar-refractivity contribution in [2.75, 3.05) is 11.5 Å². The molecule has 1 aromatic rings. The maximum absolute atomic E-state index is 6.16. The summed E-state index contributed by atoms with van der Waals surface area (Å²) in [5.74, 6) is 2.52. The van der Waals surface area contributed by atoms with Gasteiger partial charge in [0, 0.05) is 22.9 Å². The molecule has 1 aliphatic rings. The van der Waals surface area contributed by atoms with E-state index in [-0.39, 0.29) is 0 Å².